The van der Waals surface area contributed by atoms with Crippen molar-refractivity contribution in [3.63, 3.8) is 0 Å². The Morgan fingerprint density at radius 1 is 1.26 bits per heavy atom. The van der Waals surface area contributed by atoms with Crippen LogP contribution in [-0.2, 0) is 4.79 Å². The van der Waals surface area contributed by atoms with Crippen molar-refractivity contribution in [3.05, 3.63) is 53.8 Å². The van der Waals surface area contributed by atoms with Crippen molar-refractivity contribution in [1.29, 1.82) is 0 Å². The van der Waals surface area contributed by atoms with E-state index in [1.807, 2.05) is 11.8 Å². The maximum absolute atomic E-state index is 13.4. The highest BCUT2D eigenvalue weighted by Gasteiger charge is 2.57. The number of rotatable bonds is 4. The van der Waals surface area contributed by atoms with Crippen LogP contribution in [0.15, 0.2) is 46.9 Å². The largest absolute Gasteiger partial charge is 0.436 e. The van der Waals surface area contributed by atoms with Gasteiger partial charge in [0.05, 0.1) is 0 Å². The minimum Gasteiger partial charge on any atom is -0.436 e. The van der Waals surface area contributed by atoms with Gasteiger partial charge in [-0.25, -0.2) is 9.37 Å². The second-order valence-corrected chi connectivity index (χ2v) is 8.38. The highest BCUT2D eigenvalue weighted by Crippen LogP contribution is 2.39. The second kappa shape index (κ2) is 7.25. The molecule has 3 aromatic rings. The van der Waals surface area contributed by atoms with E-state index in [2.05, 4.69) is 9.88 Å². The molecule has 31 heavy (non-hydrogen) atoms. The van der Waals surface area contributed by atoms with Crippen LogP contribution in [0.3, 0.4) is 0 Å². The third kappa shape index (κ3) is 3.51. The Morgan fingerprint density at radius 3 is 2.71 bits per heavy atom. The molecule has 2 aromatic carbocycles. The summed E-state index contributed by atoms with van der Waals surface area (Å²) >= 11 is 0. The first-order valence-corrected chi connectivity index (χ1v) is 10.3. The zero-order valence-corrected chi connectivity index (χ0v) is 17.0. The number of nitrogens with zero attached hydrogens (tertiary/aromatic N) is 3. The van der Waals surface area contributed by atoms with Crippen molar-refractivity contribution in [2.75, 3.05) is 19.6 Å². The first-order chi connectivity index (χ1) is 14.9. The highest BCUT2D eigenvalue weighted by molar-refractivity contribution is 5.95. The predicted molar refractivity (Wildman–Crippen MR) is 111 cm³/mol. The number of piperazine rings is 1. The Hall–Kier alpha value is -3.10. The zero-order chi connectivity index (χ0) is 21.8. The number of carbonyl (C=O) groups excluding carboxylic acids is 2. The smallest absolute Gasteiger partial charge is 0.254 e. The molecule has 1 saturated carbocycles. The summed E-state index contributed by atoms with van der Waals surface area (Å²) in [6.07, 6.45) is 1.08. The zero-order valence-electron chi connectivity index (χ0n) is 17.0. The summed E-state index contributed by atoms with van der Waals surface area (Å²) in [6, 6.07) is 11.0. The standard InChI is InChI=1S/C23H22FN3O4/c1-14-12-26(20-11-23(20,30)13-28)8-9-27(14)22(29)16-4-2-15(3-5-16)21-25-18-7-6-17(24)10-19(18)31-21/h2-7,10,13-14,20,30H,8-9,11-12H2,1H3/t14?,20?,23-/m1/s1. The first kappa shape index (κ1) is 19.8. The molecule has 1 aliphatic carbocycles. The Morgan fingerprint density at radius 2 is 2.03 bits per heavy atom. The topological polar surface area (TPSA) is 86.9 Å². The number of aromatic nitrogens is 1. The van der Waals surface area contributed by atoms with E-state index in [9.17, 15) is 19.1 Å². The van der Waals surface area contributed by atoms with Crippen LogP contribution in [-0.4, -0.2) is 69.4 Å². The Balaban J connectivity index is 1.28. The highest BCUT2D eigenvalue weighted by atomic mass is 19.1. The fraction of sp³-hybridized carbons (Fsp3) is 0.348. The molecule has 1 N–H and O–H groups in total. The number of aliphatic hydroxyl groups is 1. The molecule has 2 unspecified atom stereocenters. The molecule has 1 aromatic heterocycles. The molecule has 1 saturated heterocycles. The molecule has 0 bridgehead atoms. The maximum Gasteiger partial charge on any atom is 0.254 e. The Bertz CT molecular complexity index is 1160. The van der Waals surface area contributed by atoms with Gasteiger partial charge in [0, 0.05) is 55.3 Å². The van der Waals surface area contributed by atoms with Crippen molar-refractivity contribution in [2.24, 2.45) is 0 Å². The van der Waals surface area contributed by atoms with E-state index in [4.69, 9.17) is 4.42 Å². The van der Waals surface area contributed by atoms with E-state index in [0.29, 0.717) is 60.5 Å². The number of benzene rings is 2. The molecular weight excluding hydrogens is 401 g/mol. The molecule has 2 fully saturated rings. The van der Waals surface area contributed by atoms with Gasteiger partial charge in [0.15, 0.2) is 11.9 Å². The normalized spacial score (nSPS) is 26.2. The molecule has 8 heteroatoms. The van der Waals surface area contributed by atoms with E-state index < -0.39 is 5.60 Å². The fourth-order valence-corrected chi connectivity index (χ4v) is 4.34. The number of amides is 1. The van der Waals surface area contributed by atoms with Gasteiger partial charge in [0.25, 0.3) is 5.91 Å². The van der Waals surface area contributed by atoms with Crippen molar-refractivity contribution in [2.45, 2.75) is 31.0 Å². The quantitative estimate of drug-likeness (QED) is 0.649. The molecule has 0 radical (unpaired) electrons. The van der Waals surface area contributed by atoms with E-state index in [1.54, 1.807) is 30.3 Å². The molecule has 2 aliphatic rings. The second-order valence-electron chi connectivity index (χ2n) is 8.38. The molecule has 0 spiro atoms. The van der Waals surface area contributed by atoms with Gasteiger partial charge < -0.3 is 19.2 Å². The molecule has 7 nitrogen and oxygen atoms in total. The van der Waals surface area contributed by atoms with Gasteiger partial charge in [-0.3, -0.25) is 9.69 Å². The van der Waals surface area contributed by atoms with Crippen molar-refractivity contribution >= 4 is 23.3 Å². The van der Waals surface area contributed by atoms with Crippen LogP contribution in [0.1, 0.15) is 23.7 Å². The van der Waals surface area contributed by atoms with Crippen LogP contribution in [0.5, 0.6) is 0 Å². The predicted octanol–water partition coefficient (Wildman–Crippen LogP) is 2.48. The van der Waals surface area contributed by atoms with Gasteiger partial charge in [0.1, 0.15) is 16.9 Å². The lowest BCUT2D eigenvalue weighted by Gasteiger charge is -2.40. The van der Waals surface area contributed by atoms with E-state index in [-0.39, 0.29) is 23.8 Å². The minimum atomic E-state index is -1.22. The van der Waals surface area contributed by atoms with Gasteiger partial charge in [-0.05, 0) is 43.3 Å². The monoisotopic (exact) mass is 423 g/mol. The number of oxazole rings is 1. The summed E-state index contributed by atoms with van der Waals surface area (Å²) in [4.78, 5) is 32.3. The van der Waals surface area contributed by atoms with Crippen LogP contribution in [0, 0.1) is 5.82 Å². The van der Waals surface area contributed by atoms with Crippen LogP contribution < -0.4 is 0 Å². The van der Waals surface area contributed by atoms with E-state index >= 15 is 0 Å². The number of halogens is 1. The van der Waals surface area contributed by atoms with Gasteiger partial charge in [-0.2, -0.15) is 0 Å². The first-order valence-electron chi connectivity index (χ1n) is 10.3. The van der Waals surface area contributed by atoms with E-state index in [0.717, 1.165) is 0 Å². The summed E-state index contributed by atoms with van der Waals surface area (Å²) in [7, 11) is 0. The lowest BCUT2D eigenvalue weighted by Crippen LogP contribution is -2.55. The van der Waals surface area contributed by atoms with Gasteiger partial charge >= 0.3 is 0 Å². The number of carbonyl (C=O) groups is 2. The number of hydrogen-bond acceptors (Lipinski definition) is 6. The van der Waals surface area contributed by atoms with Crippen molar-refractivity contribution in [3.8, 4) is 11.5 Å². The molecule has 5 rings (SSSR count). The Kier molecular flexibility index (Phi) is 4.64. The van der Waals surface area contributed by atoms with Crippen LogP contribution in [0.25, 0.3) is 22.6 Å². The number of aldehydes is 1. The Labute approximate surface area is 178 Å². The lowest BCUT2D eigenvalue weighted by molar-refractivity contribution is -0.118. The van der Waals surface area contributed by atoms with Gasteiger partial charge in [-0.1, -0.05) is 0 Å². The van der Waals surface area contributed by atoms with Gasteiger partial charge in [-0.15, -0.1) is 0 Å². The fourth-order valence-electron chi connectivity index (χ4n) is 4.34. The molecule has 2 heterocycles. The average molecular weight is 423 g/mol. The average Bonchev–Trinajstić information content (AvgIpc) is 3.28. The van der Waals surface area contributed by atoms with E-state index in [1.165, 1.54) is 12.1 Å². The van der Waals surface area contributed by atoms with Crippen molar-refractivity contribution < 1.29 is 23.5 Å². The van der Waals surface area contributed by atoms with Gasteiger partial charge in [0.2, 0.25) is 5.89 Å². The molecule has 3 atom stereocenters. The summed E-state index contributed by atoms with van der Waals surface area (Å²) in [5, 5.41) is 10.0. The molecule has 160 valence electrons. The third-order valence-corrected chi connectivity index (χ3v) is 6.23. The minimum absolute atomic E-state index is 0.0376. The third-order valence-electron chi connectivity index (χ3n) is 6.23. The summed E-state index contributed by atoms with van der Waals surface area (Å²) in [5.41, 5.74) is 0.979. The number of fused-ring (bicyclic) bond motifs is 1. The van der Waals surface area contributed by atoms with Crippen molar-refractivity contribution in [1.82, 2.24) is 14.8 Å². The SMILES string of the molecule is CC1CN(C2C[C@@]2(O)C=O)CCN1C(=O)c1ccc(-c2nc3ccc(F)cc3o2)cc1. The maximum atomic E-state index is 13.4. The number of hydrogen-bond donors (Lipinski definition) is 1. The lowest BCUT2D eigenvalue weighted by atomic mass is 10.1. The summed E-state index contributed by atoms with van der Waals surface area (Å²) < 4.78 is 19.0. The molecule has 1 aliphatic heterocycles. The molecule has 1 amide bonds. The summed E-state index contributed by atoms with van der Waals surface area (Å²) in [5.74, 6) is -0.0867. The molecular formula is C23H22FN3O4. The van der Waals surface area contributed by atoms with Crippen LogP contribution in [0.4, 0.5) is 4.39 Å². The summed E-state index contributed by atoms with van der Waals surface area (Å²) in [6.45, 7) is 3.74. The van der Waals surface area contributed by atoms with Crippen LogP contribution in [0.2, 0.25) is 0 Å². The van der Waals surface area contributed by atoms with Crippen LogP contribution >= 0.6 is 0 Å².